The number of nitrogens with zero attached hydrogens (tertiary/aromatic N) is 1. The predicted octanol–water partition coefficient (Wildman–Crippen LogP) is 5.42. The molecule has 8 heteroatoms. The molecule has 0 saturated carbocycles. The van der Waals surface area contributed by atoms with Gasteiger partial charge in [-0.25, -0.2) is 9.37 Å². The molecule has 1 heterocycles. The van der Waals surface area contributed by atoms with Crippen LogP contribution in [-0.2, 0) is 4.79 Å². The van der Waals surface area contributed by atoms with E-state index in [-0.39, 0.29) is 23.4 Å². The Labute approximate surface area is 180 Å². The molecule has 0 saturated heterocycles. The van der Waals surface area contributed by atoms with Gasteiger partial charge in [0.2, 0.25) is 5.91 Å². The summed E-state index contributed by atoms with van der Waals surface area (Å²) in [5.74, 6) is -0.529. The molecule has 0 fully saturated rings. The number of thioether (sulfide) groups is 1. The van der Waals surface area contributed by atoms with Crippen molar-refractivity contribution in [2.24, 2.45) is 0 Å². The lowest BCUT2D eigenvalue weighted by Crippen LogP contribution is -2.13. The van der Waals surface area contributed by atoms with E-state index in [1.165, 1.54) is 47.4 Å². The number of aromatic nitrogens is 1. The Morgan fingerprint density at radius 3 is 2.43 bits per heavy atom. The van der Waals surface area contributed by atoms with Crippen LogP contribution in [-0.4, -0.2) is 22.6 Å². The van der Waals surface area contributed by atoms with E-state index in [0.29, 0.717) is 16.9 Å². The SMILES string of the molecule is O=C(CSc1nc2ccc(NC(=O)c3ccccc3)cc2s1)Nc1ccc(F)cc1. The van der Waals surface area contributed by atoms with E-state index < -0.39 is 0 Å². The van der Waals surface area contributed by atoms with Crippen molar-refractivity contribution in [3.05, 3.63) is 84.2 Å². The number of carbonyl (C=O) groups is 2. The Bertz CT molecular complexity index is 1190. The van der Waals surface area contributed by atoms with Crippen molar-refractivity contribution in [1.82, 2.24) is 4.98 Å². The average Bonchev–Trinajstić information content (AvgIpc) is 3.17. The number of thiazole rings is 1. The Kier molecular flexibility index (Phi) is 6.06. The van der Waals surface area contributed by atoms with Crippen LogP contribution in [0.15, 0.2) is 77.1 Å². The minimum Gasteiger partial charge on any atom is -0.325 e. The van der Waals surface area contributed by atoms with Gasteiger partial charge in [-0.05, 0) is 54.6 Å². The van der Waals surface area contributed by atoms with Crippen LogP contribution in [0.1, 0.15) is 10.4 Å². The zero-order valence-corrected chi connectivity index (χ0v) is 17.2. The van der Waals surface area contributed by atoms with Gasteiger partial charge >= 0.3 is 0 Å². The lowest BCUT2D eigenvalue weighted by atomic mass is 10.2. The molecule has 30 heavy (non-hydrogen) atoms. The summed E-state index contributed by atoms with van der Waals surface area (Å²) >= 11 is 2.78. The highest BCUT2D eigenvalue weighted by Crippen LogP contribution is 2.31. The number of fused-ring (bicyclic) bond motifs is 1. The minimum atomic E-state index is -0.351. The fourth-order valence-corrected chi connectivity index (χ4v) is 4.60. The number of carbonyl (C=O) groups excluding carboxylic acids is 2. The van der Waals surface area contributed by atoms with Crippen molar-refractivity contribution in [2.75, 3.05) is 16.4 Å². The van der Waals surface area contributed by atoms with Crippen LogP contribution in [0, 0.1) is 5.82 Å². The maximum absolute atomic E-state index is 12.9. The van der Waals surface area contributed by atoms with Crippen LogP contribution in [0.3, 0.4) is 0 Å². The summed E-state index contributed by atoms with van der Waals surface area (Å²) < 4.78 is 14.6. The number of amides is 2. The van der Waals surface area contributed by atoms with Crippen LogP contribution in [0.25, 0.3) is 10.2 Å². The minimum absolute atomic E-state index is 0.175. The van der Waals surface area contributed by atoms with Crippen LogP contribution in [0.4, 0.5) is 15.8 Å². The molecule has 0 spiro atoms. The predicted molar refractivity (Wildman–Crippen MR) is 120 cm³/mol. The number of benzene rings is 3. The van der Waals surface area contributed by atoms with Crippen LogP contribution in [0.2, 0.25) is 0 Å². The molecular weight excluding hydrogens is 421 g/mol. The largest absolute Gasteiger partial charge is 0.325 e. The summed E-state index contributed by atoms with van der Waals surface area (Å²) in [6, 6.07) is 20.1. The summed E-state index contributed by atoms with van der Waals surface area (Å²) in [5, 5.41) is 5.61. The number of hydrogen-bond acceptors (Lipinski definition) is 5. The van der Waals surface area contributed by atoms with Crippen molar-refractivity contribution < 1.29 is 14.0 Å². The molecule has 5 nitrogen and oxygen atoms in total. The molecule has 0 unspecified atom stereocenters. The molecule has 0 aliphatic heterocycles. The Morgan fingerprint density at radius 1 is 0.933 bits per heavy atom. The molecule has 3 aromatic carbocycles. The van der Waals surface area contributed by atoms with Gasteiger partial charge in [0.25, 0.3) is 5.91 Å². The number of rotatable bonds is 6. The highest BCUT2D eigenvalue weighted by molar-refractivity contribution is 8.01. The fraction of sp³-hybridized carbons (Fsp3) is 0.0455. The van der Waals surface area contributed by atoms with Gasteiger partial charge < -0.3 is 10.6 Å². The quantitative estimate of drug-likeness (QED) is 0.395. The van der Waals surface area contributed by atoms with E-state index in [9.17, 15) is 14.0 Å². The molecule has 0 aliphatic rings. The first-order valence-electron chi connectivity index (χ1n) is 9.02. The smallest absolute Gasteiger partial charge is 0.255 e. The van der Waals surface area contributed by atoms with Crippen molar-refractivity contribution in [3.8, 4) is 0 Å². The molecule has 4 aromatic rings. The van der Waals surface area contributed by atoms with Crippen molar-refractivity contribution in [2.45, 2.75) is 4.34 Å². The number of nitrogens with one attached hydrogen (secondary N) is 2. The molecular formula is C22H16FN3O2S2. The monoisotopic (exact) mass is 437 g/mol. The zero-order chi connectivity index (χ0) is 20.9. The topological polar surface area (TPSA) is 71.1 Å². The summed E-state index contributed by atoms with van der Waals surface area (Å²) in [6.07, 6.45) is 0. The molecule has 0 aliphatic carbocycles. The average molecular weight is 438 g/mol. The van der Waals surface area contributed by atoms with Gasteiger partial charge in [0.05, 0.1) is 16.0 Å². The number of anilines is 2. The summed E-state index contributed by atoms with van der Waals surface area (Å²) in [7, 11) is 0. The van der Waals surface area contributed by atoms with Crippen LogP contribution >= 0.6 is 23.1 Å². The summed E-state index contributed by atoms with van der Waals surface area (Å²) in [4.78, 5) is 28.9. The van der Waals surface area contributed by atoms with Gasteiger partial charge in [0, 0.05) is 16.9 Å². The van der Waals surface area contributed by atoms with Crippen LogP contribution < -0.4 is 10.6 Å². The van der Waals surface area contributed by atoms with E-state index in [0.717, 1.165) is 14.6 Å². The number of hydrogen-bond donors (Lipinski definition) is 2. The Morgan fingerprint density at radius 2 is 1.67 bits per heavy atom. The van der Waals surface area contributed by atoms with Gasteiger partial charge in [0.1, 0.15) is 5.82 Å². The zero-order valence-electron chi connectivity index (χ0n) is 15.6. The molecule has 0 bridgehead atoms. The van der Waals surface area contributed by atoms with E-state index >= 15 is 0 Å². The molecule has 2 N–H and O–H groups in total. The highest BCUT2D eigenvalue weighted by Gasteiger charge is 2.10. The maximum atomic E-state index is 12.9. The van der Waals surface area contributed by atoms with Crippen LogP contribution in [0.5, 0.6) is 0 Å². The molecule has 0 atom stereocenters. The third-order valence-corrected chi connectivity index (χ3v) is 6.28. The summed E-state index contributed by atoms with van der Waals surface area (Å²) in [6.45, 7) is 0. The fourth-order valence-electron chi connectivity index (χ4n) is 2.69. The van der Waals surface area contributed by atoms with Gasteiger partial charge in [0.15, 0.2) is 4.34 Å². The molecule has 1 aromatic heterocycles. The second-order valence-corrected chi connectivity index (χ2v) is 8.58. The van der Waals surface area contributed by atoms with Crippen molar-refractivity contribution >= 4 is 56.5 Å². The first kappa shape index (κ1) is 20.1. The first-order valence-corrected chi connectivity index (χ1v) is 10.8. The standard InChI is InChI=1S/C22H16FN3O2S2/c23-15-6-8-16(9-7-15)24-20(27)13-29-22-26-18-11-10-17(12-19(18)30-22)25-21(28)14-4-2-1-3-5-14/h1-12H,13H2,(H,24,27)(H,25,28). The van der Waals surface area contributed by atoms with Gasteiger partial charge in [-0.15, -0.1) is 11.3 Å². The lowest BCUT2D eigenvalue weighted by Gasteiger charge is -2.04. The van der Waals surface area contributed by atoms with E-state index in [2.05, 4.69) is 15.6 Å². The summed E-state index contributed by atoms with van der Waals surface area (Å²) in [5.41, 5.74) is 2.63. The second kappa shape index (κ2) is 9.06. The third kappa shape index (κ3) is 5.03. The number of halogens is 1. The van der Waals surface area contributed by atoms with Crippen molar-refractivity contribution in [3.63, 3.8) is 0 Å². The van der Waals surface area contributed by atoms with Gasteiger partial charge in [-0.1, -0.05) is 30.0 Å². The molecule has 150 valence electrons. The normalized spacial score (nSPS) is 10.7. The van der Waals surface area contributed by atoms with Gasteiger partial charge in [-0.3, -0.25) is 9.59 Å². The second-order valence-electron chi connectivity index (χ2n) is 6.33. The van der Waals surface area contributed by atoms with E-state index in [1.807, 2.05) is 30.3 Å². The van der Waals surface area contributed by atoms with E-state index in [1.54, 1.807) is 18.2 Å². The first-order chi connectivity index (χ1) is 14.6. The molecule has 2 amide bonds. The third-order valence-electron chi connectivity index (χ3n) is 4.12. The molecule has 0 radical (unpaired) electrons. The Balaban J connectivity index is 1.38. The van der Waals surface area contributed by atoms with Crippen molar-refractivity contribution in [1.29, 1.82) is 0 Å². The lowest BCUT2D eigenvalue weighted by molar-refractivity contribution is -0.113. The Hall–Kier alpha value is -3.23. The van der Waals surface area contributed by atoms with E-state index in [4.69, 9.17) is 0 Å². The maximum Gasteiger partial charge on any atom is 0.255 e. The molecule has 4 rings (SSSR count). The van der Waals surface area contributed by atoms with Gasteiger partial charge in [-0.2, -0.15) is 0 Å². The highest BCUT2D eigenvalue weighted by atomic mass is 32.2.